The maximum atomic E-state index is 5.53. The predicted molar refractivity (Wildman–Crippen MR) is 87.4 cm³/mol. The Bertz CT molecular complexity index is 922. The van der Waals surface area contributed by atoms with Crippen LogP contribution >= 0.6 is 0 Å². The first-order chi connectivity index (χ1) is 11.8. The smallest absolute Gasteiger partial charge is 0.231 e. The molecule has 3 aromatic rings. The number of hydrogen-bond acceptors (Lipinski definition) is 6. The molecule has 1 atom stereocenters. The van der Waals surface area contributed by atoms with Crippen LogP contribution in [-0.2, 0) is 0 Å². The average Bonchev–Trinajstić information content (AvgIpc) is 3.33. The number of rotatable bonds is 2. The Morgan fingerprint density at radius 2 is 2.00 bits per heavy atom. The summed E-state index contributed by atoms with van der Waals surface area (Å²) < 4.78 is 12.7. The van der Waals surface area contributed by atoms with E-state index in [1.54, 1.807) is 4.52 Å². The standard InChI is InChI=1S/C17H17N5O2/c1-11-18-19-16-6-7-17(20-22(11)16)21-8-2-3-13(21)12-4-5-14-15(9-12)24-10-23-14/h4-7,9,13H,2-3,8,10H2,1H3. The van der Waals surface area contributed by atoms with Gasteiger partial charge in [-0.05, 0) is 49.6 Å². The van der Waals surface area contributed by atoms with Crippen LogP contribution in [0.3, 0.4) is 0 Å². The van der Waals surface area contributed by atoms with Crippen LogP contribution in [0.5, 0.6) is 11.5 Å². The van der Waals surface area contributed by atoms with Crippen molar-refractivity contribution in [2.45, 2.75) is 25.8 Å². The fourth-order valence-corrected chi connectivity index (χ4v) is 3.55. The molecule has 0 bridgehead atoms. The first kappa shape index (κ1) is 13.6. The molecule has 5 rings (SSSR count). The topological polar surface area (TPSA) is 64.8 Å². The van der Waals surface area contributed by atoms with Crippen molar-refractivity contribution in [3.05, 3.63) is 41.7 Å². The fraction of sp³-hybridized carbons (Fsp3) is 0.353. The van der Waals surface area contributed by atoms with Gasteiger partial charge in [-0.25, -0.2) is 0 Å². The Labute approximate surface area is 138 Å². The molecule has 1 fully saturated rings. The molecule has 0 aliphatic carbocycles. The van der Waals surface area contributed by atoms with Gasteiger partial charge >= 0.3 is 0 Å². The Morgan fingerprint density at radius 3 is 2.96 bits per heavy atom. The summed E-state index contributed by atoms with van der Waals surface area (Å²) in [6.45, 7) is 3.20. The van der Waals surface area contributed by atoms with Crippen LogP contribution in [0.15, 0.2) is 30.3 Å². The molecule has 2 aliphatic rings. The van der Waals surface area contributed by atoms with E-state index in [2.05, 4.69) is 27.2 Å². The highest BCUT2D eigenvalue weighted by molar-refractivity contribution is 5.51. The van der Waals surface area contributed by atoms with E-state index in [4.69, 9.17) is 14.6 Å². The number of hydrogen-bond donors (Lipinski definition) is 0. The fourth-order valence-electron chi connectivity index (χ4n) is 3.55. The van der Waals surface area contributed by atoms with Crippen molar-refractivity contribution in [1.29, 1.82) is 0 Å². The van der Waals surface area contributed by atoms with E-state index in [-0.39, 0.29) is 0 Å². The van der Waals surface area contributed by atoms with Crippen LogP contribution in [0.25, 0.3) is 5.65 Å². The maximum absolute atomic E-state index is 5.53. The molecular weight excluding hydrogens is 306 g/mol. The molecule has 1 unspecified atom stereocenters. The van der Waals surface area contributed by atoms with Gasteiger partial charge < -0.3 is 14.4 Å². The lowest BCUT2D eigenvalue weighted by Gasteiger charge is -2.26. The van der Waals surface area contributed by atoms with Gasteiger partial charge in [0.15, 0.2) is 23.0 Å². The molecule has 7 heteroatoms. The molecule has 1 aromatic carbocycles. The third kappa shape index (κ3) is 2.01. The van der Waals surface area contributed by atoms with Crippen molar-refractivity contribution in [1.82, 2.24) is 19.8 Å². The highest BCUT2D eigenvalue weighted by atomic mass is 16.7. The van der Waals surface area contributed by atoms with E-state index >= 15 is 0 Å². The highest BCUT2D eigenvalue weighted by Gasteiger charge is 2.29. The summed E-state index contributed by atoms with van der Waals surface area (Å²) in [4.78, 5) is 2.34. The van der Waals surface area contributed by atoms with Crippen LogP contribution < -0.4 is 14.4 Å². The summed E-state index contributed by atoms with van der Waals surface area (Å²) in [5, 5.41) is 12.9. The number of anilines is 1. The first-order valence-electron chi connectivity index (χ1n) is 8.15. The second-order valence-corrected chi connectivity index (χ2v) is 6.17. The lowest BCUT2D eigenvalue weighted by atomic mass is 10.0. The number of aromatic nitrogens is 4. The number of ether oxygens (including phenoxy) is 2. The van der Waals surface area contributed by atoms with Crippen LogP contribution in [0.1, 0.15) is 30.3 Å². The van der Waals surface area contributed by atoms with Crippen molar-refractivity contribution in [2.24, 2.45) is 0 Å². The molecule has 24 heavy (non-hydrogen) atoms. The zero-order valence-corrected chi connectivity index (χ0v) is 13.3. The second-order valence-electron chi connectivity index (χ2n) is 6.17. The molecule has 2 aliphatic heterocycles. The minimum absolute atomic E-state index is 0.293. The van der Waals surface area contributed by atoms with E-state index in [1.165, 1.54) is 5.56 Å². The normalized spacial score (nSPS) is 19.4. The number of benzene rings is 1. The highest BCUT2D eigenvalue weighted by Crippen LogP contribution is 2.40. The largest absolute Gasteiger partial charge is 0.454 e. The zero-order chi connectivity index (χ0) is 16.1. The molecule has 0 spiro atoms. The summed E-state index contributed by atoms with van der Waals surface area (Å²) in [6.07, 6.45) is 2.24. The first-order valence-corrected chi connectivity index (χ1v) is 8.15. The van der Waals surface area contributed by atoms with Gasteiger partial charge in [-0.3, -0.25) is 0 Å². The lowest BCUT2D eigenvalue weighted by molar-refractivity contribution is 0.174. The van der Waals surface area contributed by atoms with E-state index < -0.39 is 0 Å². The summed E-state index contributed by atoms with van der Waals surface area (Å²) in [5.74, 6) is 3.40. The SMILES string of the molecule is Cc1nnc2ccc(N3CCCC3c3ccc4c(c3)OCO4)nn12. The molecule has 2 aromatic heterocycles. The van der Waals surface area contributed by atoms with Crippen molar-refractivity contribution in [3.8, 4) is 11.5 Å². The number of nitrogens with zero attached hydrogens (tertiary/aromatic N) is 5. The monoisotopic (exact) mass is 323 g/mol. The van der Waals surface area contributed by atoms with Crippen LogP contribution in [-0.4, -0.2) is 33.1 Å². The average molecular weight is 323 g/mol. The maximum Gasteiger partial charge on any atom is 0.231 e. The van der Waals surface area contributed by atoms with E-state index in [0.29, 0.717) is 12.8 Å². The third-order valence-corrected chi connectivity index (χ3v) is 4.73. The number of fused-ring (bicyclic) bond motifs is 2. The molecule has 0 saturated carbocycles. The molecule has 0 N–H and O–H groups in total. The van der Waals surface area contributed by atoms with Crippen LogP contribution in [0.4, 0.5) is 5.82 Å². The van der Waals surface area contributed by atoms with Crippen molar-refractivity contribution in [2.75, 3.05) is 18.2 Å². The van der Waals surface area contributed by atoms with E-state index in [0.717, 1.165) is 48.2 Å². The van der Waals surface area contributed by atoms with E-state index in [9.17, 15) is 0 Å². The van der Waals surface area contributed by atoms with Gasteiger partial charge in [-0.15, -0.1) is 15.3 Å². The molecule has 1 saturated heterocycles. The summed E-state index contributed by atoms with van der Waals surface area (Å²) in [7, 11) is 0. The van der Waals surface area contributed by atoms with Gasteiger partial charge in [0.2, 0.25) is 6.79 Å². The van der Waals surface area contributed by atoms with Gasteiger partial charge in [0.1, 0.15) is 5.82 Å². The summed E-state index contributed by atoms with van der Waals surface area (Å²) >= 11 is 0. The van der Waals surface area contributed by atoms with Gasteiger partial charge in [-0.2, -0.15) is 4.52 Å². The Kier molecular flexibility index (Phi) is 2.88. The molecule has 4 heterocycles. The van der Waals surface area contributed by atoms with Crippen LogP contribution in [0, 0.1) is 6.92 Å². The Balaban J connectivity index is 1.53. The minimum Gasteiger partial charge on any atom is -0.454 e. The van der Waals surface area contributed by atoms with Gasteiger partial charge in [0, 0.05) is 6.54 Å². The molecule has 0 amide bonds. The van der Waals surface area contributed by atoms with Gasteiger partial charge in [-0.1, -0.05) is 6.07 Å². The lowest BCUT2D eigenvalue weighted by Crippen LogP contribution is -2.24. The van der Waals surface area contributed by atoms with Gasteiger partial charge in [0.05, 0.1) is 6.04 Å². The molecule has 7 nitrogen and oxygen atoms in total. The number of aryl methyl sites for hydroxylation is 1. The Morgan fingerprint density at radius 1 is 1.08 bits per heavy atom. The van der Waals surface area contributed by atoms with Crippen molar-refractivity contribution >= 4 is 11.5 Å². The Hall–Kier alpha value is -2.83. The zero-order valence-electron chi connectivity index (χ0n) is 13.3. The summed E-state index contributed by atoms with van der Waals surface area (Å²) in [5.41, 5.74) is 2.01. The molecular formula is C17H17N5O2. The molecule has 122 valence electrons. The third-order valence-electron chi connectivity index (χ3n) is 4.73. The van der Waals surface area contributed by atoms with E-state index in [1.807, 2.05) is 25.1 Å². The predicted octanol–water partition coefficient (Wildman–Crippen LogP) is 2.50. The summed E-state index contributed by atoms with van der Waals surface area (Å²) in [6, 6.07) is 10.5. The molecule has 0 radical (unpaired) electrons. The van der Waals surface area contributed by atoms with Crippen molar-refractivity contribution < 1.29 is 9.47 Å². The van der Waals surface area contributed by atoms with Crippen LogP contribution in [0.2, 0.25) is 0 Å². The minimum atomic E-state index is 0.293. The van der Waals surface area contributed by atoms with Gasteiger partial charge in [0.25, 0.3) is 0 Å². The second kappa shape index (κ2) is 5.09. The quantitative estimate of drug-likeness (QED) is 0.722. The van der Waals surface area contributed by atoms with Crippen molar-refractivity contribution in [3.63, 3.8) is 0 Å².